The largest absolute Gasteiger partial charge is 0.493 e. The normalized spacial score (nSPS) is 21.2. The van der Waals surface area contributed by atoms with Crippen LogP contribution in [0.5, 0.6) is 11.5 Å². The number of thioether (sulfide) groups is 1. The van der Waals surface area contributed by atoms with Crippen molar-refractivity contribution in [3.8, 4) is 11.5 Å². The Morgan fingerprint density at radius 3 is 2.72 bits per heavy atom. The Morgan fingerprint density at radius 2 is 2.17 bits per heavy atom. The molecule has 0 bridgehead atoms. The molecule has 4 heteroatoms. The predicted molar refractivity (Wildman–Crippen MR) is 72.6 cm³/mol. The maximum atomic E-state index is 10.1. The second kappa shape index (κ2) is 4.67. The van der Waals surface area contributed by atoms with Crippen LogP contribution >= 0.6 is 11.8 Å². The van der Waals surface area contributed by atoms with Gasteiger partial charge < -0.3 is 14.6 Å². The lowest BCUT2D eigenvalue weighted by Crippen LogP contribution is -2.31. The van der Waals surface area contributed by atoms with E-state index in [1.165, 1.54) is 0 Å². The summed E-state index contributed by atoms with van der Waals surface area (Å²) in [4.78, 5) is 0. The van der Waals surface area contributed by atoms with Crippen molar-refractivity contribution in [2.24, 2.45) is 0 Å². The number of rotatable bonds is 5. The standard InChI is InChI=1S/C14H18O3S/c1-16-12-4-2-3-10(7-14(15)5-6-14)13(12)17-11-8-18-9-11/h2-4,11,15H,5-9H2,1H3. The first kappa shape index (κ1) is 12.2. The number of para-hydroxylation sites is 1. The fourth-order valence-corrected chi connectivity index (χ4v) is 2.68. The van der Waals surface area contributed by atoms with Crippen LogP contribution in [0.4, 0.5) is 0 Å². The lowest BCUT2D eigenvalue weighted by Gasteiger charge is -2.28. The van der Waals surface area contributed by atoms with Crippen molar-refractivity contribution >= 4 is 11.8 Å². The van der Waals surface area contributed by atoms with E-state index in [0.717, 1.165) is 41.4 Å². The zero-order chi connectivity index (χ0) is 12.6. The van der Waals surface area contributed by atoms with Crippen LogP contribution in [0.15, 0.2) is 18.2 Å². The van der Waals surface area contributed by atoms with Crippen molar-refractivity contribution in [2.45, 2.75) is 31.0 Å². The van der Waals surface area contributed by atoms with E-state index in [0.29, 0.717) is 12.5 Å². The Kier molecular flexibility index (Phi) is 3.16. The van der Waals surface area contributed by atoms with Gasteiger partial charge in [-0.15, -0.1) is 0 Å². The number of methoxy groups -OCH3 is 1. The van der Waals surface area contributed by atoms with E-state index >= 15 is 0 Å². The number of hydrogen-bond acceptors (Lipinski definition) is 4. The maximum absolute atomic E-state index is 10.1. The molecule has 1 aromatic carbocycles. The molecule has 1 aliphatic heterocycles. The first-order valence-electron chi connectivity index (χ1n) is 6.33. The molecule has 3 nitrogen and oxygen atoms in total. The molecule has 1 saturated heterocycles. The summed E-state index contributed by atoms with van der Waals surface area (Å²) in [5.74, 6) is 3.68. The molecule has 0 radical (unpaired) electrons. The molecule has 1 N–H and O–H groups in total. The Labute approximate surface area is 111 Å². The third-order valence-corrected chi connectivity index (χ3v) is 4.73. The molecule has 0 spiro atoms. The van der Waals surface area contributed by atoms with Gasteiger partial charge in [0.15, 0.2) is 11.5 Å². The number of benzene rings is 1. The van der Waals surface area contributed by atoms with Crippen LogP contribution in [0.2, 0.25) is 0 Å². The Balaban J connectivity index is 1.85. The minimum absolute atomic E-state index is 0.291. The number of ether oxygens (including phenoxy) is 2. The van der Waals surface area contributed by atoms with Crippen LogP contribution in [-0.2, 0) is 6.42 Å². The summed E-state index contributed by atoms with van der Waals surface area (Å²) in [7, 11) is 1.66. The van der Waals surface area contributed by atoms with E-state index in [4.69, 9.17) is 9.47 Å². The first-order valence-corrected chi connectivity index (χ1v) is 7.48. The van der Waals surface area contributed by atoms with Gasteiger partial charge in [-0.3, -0.25) is 0 Å². The molecule has 18 heavy (non-hydrogen) atoms. The van der Waals surface area contributed by atoms with E-state index in [1.807, 2.05) is 30.0 Å². The van der Waals surface area contributed by atoms with Gasteiger partial charge >= 0.3 is 0 Å². The lowest BCUT2D eigenvalue weighted by molar-refractivity contribution is 0.147. The van der Waals surface area contributed by atoms with Gasteiger partial charge in [-0.25, -0.2) is 0 Å². The van der Waals surface area contributed by atoms with Gasteiger partial charge in [0.05, 0.1) is 12.7 Å². The smallest absolute Gasteiger partial charge is 0.164 e. The highest BCUT2D eigenvalue weighted by Crippen LogP contribution is 2.43. The summed E-state index contributed by atoms with van der Waals surface area (Å²) in [5.41, 5.74) is 0.560. The highest BCUT2D eigenvalue weighted by molar-refractivity contribution is 8.00. The molecule has 1 aliphatic carbocycles. The van der Waals surface area contributed by atoms with Crippen LogP contribution < -0.4 is 9.47 Å². The predicted octanol–water partition coefficient (Wildman–Crippen LogP) is 2.26. The molecule has 2 aliphatic rings. The fourth-order valence-electron chi connectivity index (χ4n) is 2.12. The molecule has 98 valence electrons. The second-order valence-corrected chi connectivity index (χ2v) is 6.20. The van der Waals surface area contributed by atoms with Crippen LogP contribution in [0.1, 0.15) is 18.4 Å². The summed E-state index contributed by atoms with van der Waals surface area (Å²) >= 11 is 1.89. The Bertz CT molecular complexity index is 439. The van der Waals surface area contributed by atoms with Gasteiger partial charge in [0.2, 0.25) is 0 Å². The summed E-state index contributed by atoms with van der Waals surface area (Å²) < 4.78 is 11.4. The average molecular weight is 266 g/mol. The molecule has 0 atom stereocenters. The fraction of sp³-hybridized carbons (Fsp3) is 0.571. The van der Waals surface area contributed by atoms with E-state index < -0.39 is 5.60 Å². The molecule has 2 fully saturated rings. The van der Waals surface area contributed by atoms with Gasteiger partial charge in [-0.1, -0.05) is 12.1 Å². The maximum Gasteiger partial charge on any atom is 0.164 e. The van der Waals surface area contributed by atoms with E-state index in [1.54, 1.807) is 7.11 Å². The highest BCUT2D eigenvalue weighted by atomic mass is 32.2. The van der Waals surface area contributed by atoms with E-state index in [-0.39, 0.29) is 0 Å². The molecule has 0 aromatic heterocycles. The molecule has 0 amide bonds. The molecule has 0 unspecified atom stereocenters. The molecule has 1 aromatic rings. The molecule has 3 rings (SSSR count). The van der Waals surface area contributed by atoms with Crippen LogP contribution in [0, 0.1) is 0 Å². The lowest BCUT2D eigenvalue weighted by atomic mass is 10.0. The van der Waals surface area contributed by atoms with E-state index in [9.17, 15) is 5.11 Å². The molecular weight excluding hydrogens is 248 g/mol. The zero-order valence-corrected chi connectivity index (χ0v) is 11.3. The van der Waals surface area contributed by atoms with Crippen LogP contribution in [-0.4, -0.2) is 35.4 Å². The molecule has 1 saturated carbocycles. The molecule has 1 heterocycles. The zero-order valence-electron chi connectivity index (χ0n) is 10.5. The average Bonchev–Trinajstić information content (AvgIpc) is 3.02. The molecular formula is C14H18O3S. The summed E-state index contributed by atoms with van der Waals surface area (Å²) in [6.45, 7) is 0. The SMILES string of the molecule is COc1cccc(CC2(O)CC2)c1OC1CSC1. The number of hydrogen-bond donors (Lipinski definition) is 1. The third kappa shape index (κ3) is 2.45. The number of aliphatic hydroxyl groups is 1. The van der Waals surface area contributed by atoms with Gasteiger partial charge in [-0.05, 0) is 18.9 Å². The quantitative estimate of drug-likeness (QED) is 0.887. The van der Waals surface area contributed by atoms with Gasteiger partial charge in [0.25, 0.3) is 0 Å². The minimum Gasteiger partial charge on any atom is -0.493 e. The summed E-state index contributed by atoms with van der Waals surface area (Å²) in [6.07, 6.45) is 2.74. The van der Waals surface area contributed by atoms with Crippen LogP contribution in [0.25, 0.3) is 0 Å². The third-order valence-electron chi connectivity index (χ3n) is 3.52. The minimum atomic E-state index is -0.501. The van der Waals surface area contributed by atoms with Gasteiger partial charge in [0.1, 0.15) is 6.10 Å². The van der Waals surface area contributed by atoms with E-state index in [2.05, 4.69) is 0 Å². The Morgan fingerprint density at radius 1 is 1.39 bits per heavy atom. The Hall–Kier alpha value is -0.870. The van der Waals surface area contributed by atoms with Crippen molar-refractivity contribution in [2.75, 3.05) is 18.6 Å². The van der Waals surface area contributed by atoms with Crippen molar-refractivity contribution in [3.63, 3.8) is 0 Å². The van der Waals surface area contributed by atoms with Crippen LogP contribution in [0.3, 0.4) is 0 Å². The monoisotopic (exact) mass is 266 g/mol. The van der Waals surface area contributed by atoms with Gasteiger partial charge in [-0.2, -0.15) is 11.8 Å². The summed E-state index contributed by atoms with van der Waals surface area (Å²) in [6, 6.07) is 5.91. The first-order chi connectivity index (χ1) is 8.70. The highest BCUT2D eigenvalue weighted by Gasteiger charge is 2.41. The summed E-state index contributed by atoms with van der Waals surface area (Å²) in [5, 5.41) is 10.1. The van der Waals surface area contributed by atoms with Crippen molar-refractivity contribution in [1.82, 2.24) is 0 Å². The van der Waals surface area contributed by atoms with Crippen molar-refractivity contribution in [1.29, 1.82) is 0 Å². The van der Waals surface area contributed by atoms with Gasteiger partial charge in [0, 0.05) is 23.5 Å². The second-order valence-electron chi connectivity index (χ2n) is 5.13. The topological polar surface area (TPSA) is 38.7 Å². The van der Waals surface area contributed by atoms with Crippen molar-refractivity contribution in [3.05, 3.63) is 23.8 Å². The van der Waals surface area contributed by atoms with Crippen molar-refractivity contribution < 1.29 is 14.6 Å².